The maximum atomic E-state index is 3.60. The van der Waals surface area contributed by atoms with Crippen LogP contribution in [0.25, 0.3) is 0 Å². The van der Waals surface area contributed by atoms with E-state index in [1.165, 1.54) is 31.5 Å². The van der Waals surface area contributed by atoms with Crippen molar-refractivity contribution >= 4 is 0 Å². The number of aromatic nitrogens is 1. The molecule has 1 atom stereocenters. The van der Waals surface area contributed by atoms with E-state index < -0.39 is 0 Å². The van der Waals surface area contributed by atoms with Gasteiger partial charge >= 0.3 is 0 Å². The van der Waals surface area contributed by atoms with Crippen LogP contribution in [0.3, 0.4) is 0 Å². The lowest BCUT2D eigenvalue weighted by Crippen LogP contribution is -2.44. The Kier molecular flexibility index (Phi) is 4.24. The number of nitrogens with one attached hydrogen (secondary N) is 3. The molecule has 1 aliphatic heterocycles. The average molecular weight is 235 g/mol. The summed E-state index contributed by atoms with van der Waals surface area (Å²) in [5, 5.41) is 7.17. The first kappa shape index (κ1) is 12.7. The second kappa shape index (κ2) is 5.69. The van der Waals surface area contributed by atoms with E-state index in [0.29, 0.717) is 6.04 Å². The average Bonchev–Trinajstić information content (AvgIpc) is 2.84. The van der Waals surface area contributed by atoms with Crippen molar-refractivity contribution in [3.8, 4) is 0 Å². The molecule has 3 nitrogen and oxygen atoms in total. The number of hydrogen-bond donors (Lipinski definition) is 3. The van der Waals surface area contributed by atoms with E-state index in [9.17, 15) is 0 Å². The van der Waals surface area contributed by atoms with Gasteiger partial charge in [-0.2, -0.15) is 0 Å². The molecule has 0 spiro atoms. The summed E-state index contributed by atoms with van der Waals surface area (Å²) < 4.78 is 0. The van der Waals surface area contributed by atoms with Crippen LogP contribution in [-0.2, 0) is 5.41 Å². The van der Waals surface area contributed by atoms with Gasteiger partial charge in [-0.3, -0.25) is 0 Å². The minimum Gasteiger partial charge on any atom is -0.365 e. The number of hydrogen-bond acceptors (Lipinski definition) is 2. The molecule has 0 aromatic carbocycles. The molecule has 0 amide bonds. The highest BCUT2D eigenvalue weighted by atomic mass is 15.0. The molecule has 3 heteroatoms. The number of H-pyrrole nitrogens is 1. The van der Waals surface area contributed by atoms with Crippen molar-refractivity contribution in [2.45, 2.75) is 44.6 Å². The van der Waals surface area contributed by atoms with Gasteiger partial charge in [0.05, 0.1) is 0 Å². The Balaban J connectivity index is 1.74. The molecule has 0 radical (unpaired) electrons. The van der Waals surface area contributed by atoms with Crippen LogP contribution in [-0.4, -0.2) is 30.7 Å². The molecule has 1 fully saturated rings. The first-order chi connectivity index (χ1) is 8.18. The molecule has 2 heterocycles. The van der Waals surface area contributed by atoms with Crippen molar-refractivity contribution < 1.29 is 0 Å². The zero-order valence-corrected chi connectivity index (χ0v) is 11.1. The molecule has 17 heavy (non-hydrogen) atoms. The minimum atomic E-state index is 0.179. The van der Waals surface area contributed by atoms with Crippen molar-refractivity contribution in [1.82, 2.24) is 15.6 Å². The van der Waals surface area contributed by atoms with E-state index in [2.05, 4.69) is 41.6 Å². The smallest absolute Gasteiger partial charge is 0.0217 e. The first-order valence-corrected chi connectivity index (χ1v) is 6.76. The lowest BCUT2D eigenvalue weighted by atomic mass is 9.89. The number of piperidine rings is 1. The molecular formula is C14H25N3. The SMILES string of the molecule is CC(C)(CNCC1CCCCN1)c1ccc[nH]1. The fourth-order valence-corrected chi connectivity index (χ4v) is 2.50. The summed E-state index contributed by atoms with van der Waals surface area (Å²) in [7, 11) is 0. The molecule has 1 saturated heterocycles. The van der Waals surface area contributed by atoms with E-state index in [0.717, 1.165) is 13.1 Å². The van der Waals surface area contributed by atoms with Crippen LogP contribution in [0, 0.1) is 0 Å². The van der Waals surface area contributed by atoms with Crippen molar-refractivity contribution in [2.24, 2.45) is 0 Å². The zero-order valence-electron chi connectivity index (χ0n) is 11.1. The molecule has 2 rings (SSSR count). The summed E-state index contributed by atoms with van der Waals surface area (Å²) in [6.07, 6.45) is 6.03. The van der Waals surface area contributed by atoms with Crippen LogP contribution in [0.4, 0.5) is 0 Å². The van der Waals surface area contributed by atoms with Gasteiger partial charge in [0.15, 0.2) is 0 Å². The van der Waals surface area contributed by atoms with Gasteiger partial charge in [0, 0.05) is 36.4 Å². The largest absolute Gasteiger partial charge is 0.365 e. The van der Waals surface area contributed by atoms with Gasteiger partial charge in [-0.15, -0.1) is 0 Å². The van der Waals surface area contributed by atoms with E-state index in [-0.39, 0.29) is 5.41 Å². The lowest BCUT2D eigenvalue weighted by molar-refractivity contribution is 0.364. The fourth-order valence-electron chi connectivity index (χ4n) is 2.50. The molecule has 1 aliphatic rings. The van der Waals surface area contributed by atoms with Crippen LogP contribution in [0.5, 0.6) is 0 Å². The molecular weight excluding hydrogens is 210 g/mol. The summed E-state index contributed by atoms with van der Waals surface area (Å²) in [5.74, 6) is 0. The summed E-state index contributed by atoms with van der Waals surface area (Å²) in [4.78, 5) is 3.31. The highest BCUT2D eigenvalue weighted by Crippen LogP contribution is 2.20. The second-order valence-electron chi connectivity index (χ2n) is 5.75. The van der Waals surface area contributed by atoms with E-state index in [1.807, 2.05) is 6.20 Å². The maximum absolute atomic E-state index is 3.60. The normalized spacial score (nSPS) is 21.6. The standard InChI is InChI=1S/C14H25N3/c1-14(2,13-7-5-9-17-13)11-15-10-12-6-3-4-8-16-12/h5,7,9,12,15-17H,3-4,6,8,10-11H2,1-2H3. The molecule has 0 aliphatic carbocycles. The van der Waals surface area contributed by atoms with Crippen molar-refractivity contribution in [3.63, 3.8) is 0 Å². The monoisotopic (exact) mass is 235 g/mol. The second-order valence-corrected chi connectivity index (χ2v) is 5.75. The third-order valence-corrected chi connectivity index (χ3v) is 3.70. The molecule has 96 valence electrons. The van der Waals surface area contributed by atoms with Gasteiger partial charge in [-0.25, -0.2) is 0 Å². The Morgan fingerprint density at radius 1 is 1.41 bits per heavy atom. The van der Waals surface area contributed by atoms with Crippen LogP contribution in [0.2, 0.25) is 0 Å². The maximum Gasteiger partial charge on any atom is 0.0217 e. The van der Waals surface area contributed by atoms with Crippen LogP contribution < -0.4 is 10.6 Å². The highest BCUT2D eigenvalue weighted by Gasteiger charge is 2.21. The predicted molar refractivity (Wildman–Crippen MR) is 72.3 cm³/mol. The third kappa shape index (κ3) is 3.58. The van der Waals surface area contributed by atoms with Gasteiger partial charge in [0.25, 0.3) is 0 Å². The van der Waals surface area contributed by atoms with Crippen molar-refractivity contribution in [2.75, 3.05) is 19.6 Å². The molecule has 1 unspecified atom stereocenters. The summed E-state index contributed by atoms with van der Waals surface area (Å²) >= 11 is 0. The number of rotatable bonds is 5. The molecule has 1 aromatic rings. The Morgan fingerprint density at radius 2 is 2.29 bits per heavy atom. The van der Waals surface area contributed by atoms with E-state index >= 15 is 0 Å². The Bertz CT molecular complexity index is 310. The van der Waals surface area contributed by atoms with Crippen molar-refractivity contribution in [1.29, 1.82) is 0 Å². The van der Waals surface area contributed by atoms with Crippen LogP contribution in [0.1, 0.15) is 38.8 Å². The minimum absolute atomic E-state index is 0.179. The van der Waals surface area contributed by atoms with E-state index in [4.69, 9.17) is 0 Å². The van der Waals surface area contributed by atoms with Crippen LogP contribution >= 0.6 is 0 Å². The van der Waals surface area contributed by atoms with Gasteiger partial charge < -0.3 is 15.6 Å². The third-order valence-electron chi connectivity index (χ3n) is 3.70. The summed E-state index contributed by atoms with van der Waals surface area (Å²) in [6.45, 7) is 7.85. The van der Waals surface area contributed by atoms with Gasteiger partial charge in [0.2, 0.25) is 0 Å². The van der Waals surface area contributed by atoms with E-state index in [1.54, 1.807) is 0 Å². The van der Waals surface area contributed by atoms with Crippen molar-refractivity contribution in [3.05, 3.63) is 24.0 Å². The van der Waals surface area contributed by atoms with Gasteiger partial charge in [-0.1, -0.05) is 20.3 Å². The zero-order chi connectivity index (χ0) is 12.1. The Morgan fingerprint density at radius 3 is 2.94 bits per heavy atom. The predicted octanol–water partition coefficient (Wildman–Crippen LogP) is 2.02. The quantitative estimate of drug-likeness (QED) is 0.731. The summed E-state index contributed by atoms with van der Waals surface area (Å²) in [6, 6.07) is 4.91. The van der Waals surface area contributed by atoms with Gasteiger partial charge in [0.1, 0.15) is 0 Å². The van der Waals surface area contributed by atoms with Gasteiger partial charge in [-0.05, 0) is 31.5 Å². The molecule has 0 saturated carbocycles. The Hall–Kier alpha value is -0.800. The summed E-state index contributed by atoms with van der Waals surface area (Å²) in [5.41, 5.74) is 1.49. The fraction of sp³-hybridized carbons (Fsp3) is 0.714. The van der Waals surface area contributed by atoms with Crippen LogP contribution in [0.15, 0.2) is 18.3 Å². The molecule has 0 bridgehead atoms. The first-order valence-electron chi connectivity index (χ1n) is 6.76. The number of aromatic amines is 1. The highest BCUT2D eigenvalue weighted by molar-refractivity contribution is 5.15. The molecule has 1 aromatic heterocycles. The molecule has 3 N–H and O–H groups in total. The topological polar surface area (TPSA) is 39.8 Å². The Labute approximate surface area is 104 Å². The lowest BCUT2D eigenvalue weighted by Gasteiger charge is -2.28.